The minimum Gasteiger partial charge on any atom is -0.394 e. The fraction of sp³-hybridized carbons (Fsp3) is 0.733. The van der Waals surface area contributed by atoms with Crippen molar-refractivity contribution in [3.8, 4) is 0 Å². The summed E-state index contributed by atoms with van der Waals surface area (Å²) in [5.41, 5.74) is 2.30. The first kappa shape index (κ1) is 16.0. The lowest BCUT2D eigenvalue weighted by atomic mass is 9.77. The third-order valence-corrected chi connectivity index (χ3v) is 4.20. The molecule has 0 spiro atoms. The van der Waals surface area contributed by atoms with Crippen LogP contribution >= 0.6 is 0 Å². The minimum absolute atomic E-state index is 0.115. The topological polar surface area (TPSA) is 96.1 Å². The quantitative estimate of drug-likeness (QED) is 0.491. The lowest BCUT2D eigenvalue weighted by Crippen LogP contribution is -2.46. The average Bonchev–Trinajstić information content (AvgIpc) is 2.46. The SMILES string of the molecule is CC1CCCC(CO)(Nc2cc(NN)nc(C(C)C)n2)C1. The molecule has 1 aliphatic carbocycles. The van der Waals surface area contributed by atoms with Crippen LogP contribution in [0, 0.1) is 5.92 Å². The lowest BCUT2D eigenvalue weighted by Gasteiger charge is -2.39. The van der Waals surface area contributed by atoms with E-state index < -0.39 is 0 Å². The Morgan fingerprint density at radius 3 is 2.71 bits per heavy atom. The van der Waals surface area contributed by atoms with Crippen molar-refractivity contribution in [2.24, 2.45) is 11.8 Å². The third kappa shape index (κ3) is 3.83. The van der Waals surface area contributed by atoms with Gasteiger partial charge < -0.3 is 15.8 Å². The Morgan fingerprint density at radius 2 is 2.14 bits per heavy atom. The molecule has 2 unspecified atom stereocenters. The second kappa shape index (κ2) is 6.58. The van der Waals surface area contributed by atoms with Gasteiger partial charge in [-0.05, 0) is 18.8 Å². The number of nitrogens with one attached hydrogen (secondary N) is 2. The summed E-state index contributed by atoms with van der Waals surface area (Å²) in [5.74, 6) is 8.37. The van der Waals surface area contributed by atoms with Crippen molar-refractivity contribution < 1.29 is 5.11 Å². The van der Waals surface area contributed by atoms with E-state index in [1.165, 1.54) is 6.42 Å². The van der Waals surface area contributed by atoms with Crippen LogP contribution in [0.3, 0.4) is 0 Å². The average molecular weight is 293 g/mol. The molecule has 2 rings (SSSR count). The predicted molar refractivity (Wildman–Crippen MR) is 85.0 cm³/mol. The van der Waals surface area contributed by atoms with Crippen molar-refractivity contribution in [2.45, 2.75) is 57.9 Å². The highest BCUT2D eigenvalue weighted by Gasteiger charge is 2.34. The normalized spacial score (nSPS) is 25.9. The van der Waals surface area contributed by atoms with Crippen molar-refractivity contribution >= 4 is 11.6 Å². The van der Waals surface area contributed by atoms with Gasteiger partial charge in [-0.25, -0.2) is 15.8 Å². The number of aliphatic hydroxyl groups is 1. The first-order valence-electron chi connectivity index (χ1n) is 7.72. The van der Waals surface area contributed by atoms with E-state index in [-0.39, 0.29) is 18.1 Å². The second-order valence-electron chi connectivity index (χ2n) is 6.56. The van der Waals surface area contributed by atoms with Gasteiger partial charge in [0.15, 0.2) is 0 Å². The van der Waals surface area contributed by atoms with Gasteiger partial charge in [-0.15, -0.1) is 0 Å². The lowest BCUT2D eigenvalue weighted by molar-refractivity contribution is 0.149. The van der Waals surface area contributed by atoms with Crippen LogP contribution in [-0.4, -0.2) is 27.2 Å². The molecular formula is C15H27N5O. The standard InChI is InChI=1S/C15H27N5O/c1-10(2)14-17-12(7-13(18-14)20-16)19-15(9-21)6-4-5-11(3)8-15/h7,10-11,21H,4-6,8-9,16H2,1-3H3,(H2,17,18,19,20). The molecule has 0 aromatic carbocycles. The van der Waals surface area contributed by atoms with Crippen molar-refractivity contribution in [1.82, 2.24) is 9.97 Å². The van der Waals surface area contributed by atoms with Crippen LogP contribution in [0.2, 0.25) is 0 Å². The largest absolute Gasteiger partial charge is 0.394 e. The third-order valence-electron chi connectivity index (χ3n) is 4.20. The molecule has 1 fully saturated rings. The predicted octanol–water partition coefficient (Wildman–Crippen LogP) is 2.24. The van der Waals surface area contributed by atoms with Gasteiger partial charge >= 0.3 is 0 Å². The summed E-state index contributed by atoms with van der Waals surface area (Å²) in [6, 6.07) is 1.79. The maximum atomic E-state index is 9.88. The van der Waals surface area contributed by atoms with Crippen LogP contribution in [0.25, 0.3) is 0 Å². The molecule has 1 aliphatic rings. The number of rotatable bonds is 5. The first-order valence-corrected chi connectivity index (χ1v) is 7.72. The molecule has 0 bridgehead atoms. The molecule has 21 heavy (non-hydrogen) atoms. The summed E-state index contributed by atoms with van der Waals surface area (Å²) in [5, 5.41) is 13.3. The number of hydrogen-bond donors (Lipinski definition) is 4. The van der Waals surface area contributed by atoms with E-state index in [0.29, 0.717) is 11.7 Å². The van der Waals surface area contributed by atoms with E-state index in [2.05, 4.69) is 27.6 Å². The number of nitrogens with zero attached hydrogens (tertiary/aromatic N) is 2. The van der Waals surface area contributed by atoms with Crippen LogP contribution in [0.15, 0.2) is 6.07 Å². The molecule has 0 radical (unpaired) electrons. The zero-order valence-electron chi connectivity index (χ0n) is 13.2. The van der Waals surface area contributed by atoms with Crippen molar-refractivity contribution in [3.05, 3.63) is 11.9 Å². The highest BCUT2D eigenvalue weighted by atomic mass is 16.3. The molecule has 1 saturated carbocycles. The van der Waals surface area contributed by atoms with Gasteiger partial charge in [-0.1, -0.05) is 33.6 Å². The molecule has 6 nitrogen and oxygen atoms in total. The fourth-order valence-electron chi connectivity index (χ4n) is 3.09. The summed E-state index contributed by atoms with van der Waals surface area (Å²) in [7, 11) is 0. The Balaban J connectivity index is 2.26. The van der Waals surface area contributed by atoms with E-state index in [4.69, 9.17) is 5.84 Å². The Bertz CT molecular complexity index is 479. The number of anilines is 2. The highest BCUT2D eigenvalue weighted by Crippen LogP contribution is 2.34. The van der Waals surface area contributed by atoms with Crippen molar-refractivity contribution in [2.75, 3.05) is 17.3 Å². The van der Waals surface area contributed by atoms with Gasteiger partial charge in [0, 0.05) is 12.0 Å². The molecule has 5 N–H and O–H groups in total. The summed E-state index contributed by atoms with van der Waals surface area (Å²) >= 11 is 0. The molecule has 0 saturated heterocycles. The zero-order chi connectivity index (χ0) is 15.5. The van der Waals surface area contributed by atoms with Gasteiger partial charge in [0.1, 0.15) is 17.5 Å². The Kier molecular flexibility index (Phi) is 5.00. The Labute approximate surface area is 126 Å². The van der Waals surface area contributed by atoms with E-state index >= 15 is 0 Å². The summed E-state index contributed by atoms with van der Waals surface area (Å²) in [4.78, 5) is 8.92. The van der Waals surface area contributed by atoms with Gasteiger partial charge in [-0.3, -0.25) is 0 Å². The van der Waals surface area contributed by atoms with E-state index in [0.717, 1.165) is 30.9 Å². The minimum atomic E-state index is -0.286. The van der Waals surface area contributed by atoms with E-state index in [1.807, 2.05) is 13.8 Å². The van der Waals surface area contributed by atoms with Crippen LogP contribution in [0.4, 0.5) is 11.6 Å². The number of hydrazine groups is 1. The molecule has 1 aromatic rings. The van der Waals surface area contributed by atoms with E-state index in [1.54, 1.807) is 6.07 Å². The van der Waals surface area contributed by atoms with Crippen LogP contribution in [-0.2, 0) is 0 Å². The molecule has 1 aromatic heterocycles. The van der Waals surface area contributed by atoms with Crippen LogP contribution in [0.1, 0.15) is 58.2 Å². The molecular weight excluding hydrogens is 266 g/mol. The fourth-order valence-corrected chi connectivity index (χ4v) is 3.09. The van der Waals surface area contributed by atoms with Gasteiger partial charge in [0.25, 0.3) is 0 Å². The summed E-state index contributed by atoms with van der Waals surface area (Å²) in [6.45, 7) is 6.44. The highest BCUT2D eigenvalue weighted by molar-refractivity contribution is 5.49. The number of hydrogen-bond acceptors (Lipinski definition) is 6. The Morgan fingerprint density at radius 1 is 1.43 bits per heavy atom. The maximum absolute atomic E-state index is 9.88. The first-order chi connectivity index (χ1) is 9.98. The smallest absolute Gasteiger partial charge is 0.145 e. The number of aliphatic hydroxyl groups excluding tert-OH is 1. The molecule has 118 valence electrons. The van der Waals surface area contributed by atoms with Gasteiger partial charge in [0.2, 0.25) is 0 Å². The monoisotopic (exact) mass is 293 g/mol. The Hall–Kier alpha value is -1.40. The van der Waals surface area contributed by atoms with Gasteiger partial charge in [-0.2, -0.15) is 0 Å². The summed E-state index contributed by atoms with van der Waals surface area (Å²) < 4.78 is 0. The van der Waals surface area contributed by atoms with Crippen LogP contribution < -0.4 is 16.6 Å². The number of nitrogens with two attached hydrogens (primary N) is 1. The van der Waals surface area contributed by atoms with Crippen LogP contribution in [0.5, 0.6) is 0 Å². The van der Waals surface area contributed by atoms with Crippen molar-refractivity contribution in [1.29, 1.82) is 0 Å². The van der Waals surface area contributed by atoms with E-state index in [9.17, 15) is 5.11 Å². The molecule has 0 amide bonds. The number of aromatic nitrogens is 2. The number of nitrogen functional groups attached to an aromatic ring is 1. The van der Waals surface area contributed by atoms with Gasteiger partial charge in [0.05, 0.1) is 12.1 Å². The zero-order valence-corrected chi connectivity index (χ0v) is 13.2. The maximum Gasteiger partial charge on any atom is 0.145 e. The second-order valence-corrected chi connectivity index (χ2v) is 6.56. The molecule has 0 aliphatic heterocycles. The molecule has 1 heterocycles. The summed E-state index contributed by atoms with van der Waals surface area (Å²) in [6.07, 6.45) is 4.26. The molecule has 2 atom stereocenters. The molecule has 6 heteroatoms. The van der Waals surface area contributed by atoms with Crippen molar-refractivity contribution in [3.63, 3.8) is 0 Å².